The van der Waals surface area contributed by atoms with Crippen molar-refractivity contribution in [2.24, 2.45) is 4.99 Å². The van der Waals surface area contributed by atoms with Gasteiger partial charge in [-0.3, -0.25) is 9.69 Å². The molecule has 0 aliphatic carbocycles. The van der Waals surface area contributed by atoms with E-state index < -0.39 is 5.97 Å². The lowest BCUT2D eigenvalue weighted by molar-refractivity contribution is -0.119. The van der Waals surface area contributed by atoms with Crippen molar-refractivity contribution in [1.82, 2.24) is 14.8 Å². The zero-order valence-corrected chi connectivity index (χ0v) is 24.9. The fourth-order valence-electron chi connectivity index (χ4n) is 4.86. The van der Waals surface area contributed by atoms with E-state index in [0.717, 1.165) is 42.8 Å². The molecular weight excluding hydrogens is 586 g/mol. The fourth-order valence-corrected chi connectivity index (χ4v) is 4.86. The summed E-state index contributed by atoms with van der Waals surface area (Å²) in [5.74, 6) is -0.465. The number of hydrogen-bond donors (Lipinski definition) is 2. The van der Waals surface area contributed by atoms with Crippen LogP contribution in [0.25, 0.3) is 10.9 Å². The summed E-state index contributed by atoms with van der Waals surface area (Å²) in [6.45, 7) is 4.09. The molecule has 2 N–H and O–H groups in total. The van der Waals surface area contributed by atoms with Gasteiger partial charge in [-0.15, -0.1) is 0 Å². The summed E-state index contributed by atoms with van der Waals surface area (Å²) in [4.78, 5) is 39.0. The molecule has 0 spiro atoms. The number of anilines is 1. The number of halogens is 1. The summed E-state index contributed by atoms with van der Waals surface area (Å²) in [7, 11) is 5.22. The third kappa shape index (κ3) is 6.67. The van der Waals surface area contributed by atoms with Crippen molar-refractivity contribution >= 4 is 39.9 Å². The maximum absolute atomic E-state index is 12.9. The van der Waals surface area contributed by atoms with Crippen molar-refractivity contribution in [3.63, 3.8) is 0 Å². The molecule has 0 unspecified atom stereocenters. The summed E-state index contributed by atoms with van der Waals surface area (Å²) in [5.41, 5.74) is 4.34. The van der Waals surface area contributed by atoms with Gasteiger partial charge in [-0.2, -0.15) is 0 Å². The minimum absolute atomic E-state index is 0. The minimum Gasteiger partial charge on any atom is -1.00 e. The van der Waals surface area contributed by atoms with Crippen molar-refractivity contribution in [3.8, 4) is 5.88 Å². The summed E-state index contributed by atoms with van der Waals surface area (Å²) >= 11 is 0. The number of nitrogens with one attached hydrogen (secondary N) is 1. The van der Waals surface area contributed by atoms with Gasteiger partial charge in [0.05, 0.1) is 36.2 Å². The van der Waals surface area contributed by atoms with Crippen LogP contribution in [0.2, 0.25) is 0 Å². The number of fused-ring (bicyclic) bond motifs is 1. The van der Waals surface area contributed by atoms with Crippen LogP contribution in [-0.2, 0) is 9.53 Å². The average Bonchev–Trinajstić information content (AvgIpc) is 3.31. The SMILES string of the molecule is COC(=O)c1ccc2c(C(=Nc3ccc(N(C)C(=O)CN4CCN(C)CC4)cc3)c3ccccc3)c(O)[nH]c2c1.[Br-]. The van der Waals surface area contributed by atoms with Crippen molar-refractivity contribution in [3.05, 3.63) is 89.5 Å². The largest absolute Gasteiger partial charge is 1.00 e. The number of hydrogen-bond acceptors (Lipinski definition) is 7. The molecule has 2 heterocycles. The van der Waals surface area contributed by atoms with Gasteiger partial charge >= 0.3 is 5.97 Å². The molecule has 0 atom stereocenters. The van der Waals surface area contributed by atoms with Gasteiger partial charge in [-0.05, 0) is 43.4 Å². The van der Waals surface area contributed by atoms with Crippen LogP contribution in [0.3, 0.4) is 0 Å². The molecule has 1 aliphatic rings. The van der Waals surface area contributed by atoms with Crippen molar-refractivity contribution < 1.29 is 36.4 Å². The fraction of sp³-hybridized carbons (Fsp3) is 0.258. The molecule has 1 aromatic heterocycles. The number of ether oxygens (including phenoxy) is 1. The Morgan fingerprint density at radius 2 is 1.66 bits per heavy atom. The first-order chi connectivity index (χ1) is 19.3. The smallest absolute Gasteiger partial charge is 0.337 e. The maximum Gasteiger partial charge on any atom is 0.337 e. The summed E-state index contributed by atoms with van der Waals surface area (Å²) < 4.78 is 4.83. The van der Waals surface area contributed by atoms with E-state index in [4.69, 9.17) is 9.73 Å². The molecule has 0 radical (unpaired) electrons. The first kappa shape index (κ1) is 30.0. The van der Waals surface area contributed by atoms with Crippen LogP contribution < -0.4 is 21.9 Å². The molecule has 214 valence electrons. The van der Waals surface area contributed by atoms with Crippen molar-refractivity contribution in [2.45, 2.75) is 0 Å². The first-order valence-electron chi connectivity index (χ1n) is 13.2. The summed E-state index contributed by atoms with van der Waals surface area (Å²) in [6.07, 6.45) is 0. The zero-order chi connectivity index (χ0) is 28.2. The number of aliphatic imine (C=N–C) groups is 1. The number of carbonyl (C=O) groups excluding carboxylic acids is 2. The van der Waals surface area contributed by atoms with Gasteiger partial charge in [0.25, 0.3) is 0 Å². The predicted octanol–water partition coefficient (Wildman–Crippen LogP) is 1.04. The van der Waals surface area contributed by atoms with Gasteiger partial charge in [0.15, 0.2) is 5.88 Å². The second kappa shape index (κ2) is 13.1. The second-order valence-corrected chi connectivity index (χ2v) is 9.98. The van der Waals surface area contributed by atoms with Crippen molar-refractivity contribution in [2.75, 3.05) is 58.8 Å². The third-order valence-electron chi connectivity index (χ3n) is 7.29. The van der Waals surface area contributed by atoms with Crippen LogP contribution in [0.4, 0.5) is 11.4 Å². The molecule has 1 aliphatic heterocycles. The monoisotopic (exact) mass is 618 g/mol. The Morgan fingerprint density at radius 3 is 2.32 bits per heavy atom. The zero-order valence-electron chi connectivity index (χ0n) is 23.3. The highest BCUT2D eigenvalue weighted by Crippen LogP contribution is 2.32. The predicted molar refractivity (Wildman–Crippen MR) is 157 cm³/mol. The van der Waals surface area contributed by atoms with E-state index in [-0.39, 0.29) is 28.8 Å². The Labute approximate surface area is 249 Å². The van der Waals surface area contributed by atoms with Crippen LogP contribution >= 0.6 is 0 Å². The highest BCUT2D eigenvalue weighted by molar-refractivity contribution is 6.22. The molecular formula is C31H33BrN5O4-. The Kier molecular flexibility index (Phi) is 9.59. The number of esters is 1. The maximum atomic E-state index is 12.9. The molecule has 0 saturated carbocycles. The lowest BCUT2D eigenvalue weighted by Crippen LogP contribution is -3.00. The number of carbonyl (C=O) groups is 2. The van der Waals surface area contributed by atoms with E-state index in [0.29, 0.717) is 34.6 Å². The molecule has 3 aromatic carbocycles. The Bertz CT molecular complexity index is 1540. The number of rotatable bonds is 7. The van der Waals surface area contributed by atoms with Crippen LogP contribution in [0.15, 0.2) is 77.8 Å². The average molecular weight is 620 g/mol. The summed E-state index contributed by atoms with van der Waals surface area (Å²) in [5, 5.41) is 11.7. The van der Waals surface area contributed by atoms with Gasteiger partial charge in [-0.25, -0.2) is 9.79 Å². The van der Waals surface area contributed by atoms with Crippen molar-refractivity contribution in [1.29, 1.82) is 0 Å². The molecule has 0 bridgehead atoms. The topological polar surface area (TPSA) is 101 Å². The number of aromatic hydroxyl groups is 1. The Hall–Kier alpha value is -3.99. The molecule has 4 aromatic rings. The molecule has 10 heteroatoms. The quantitative estimate of drug-likeness (QED) is 0.237. The lowest BCUT2D eigenvalue weighted by Gasteiger charge is -2.32. The van der Waals surface area contributed by atoms with Gasteiger partial charge in [-0.1, -0.05) is 36.4 Å². The summed E-state index contributed by atoms with van der Waals surface area (Å²) in [6, 6.07) is 22.2. The van der Waals surface area contributed by atoms with Gasteiger partial charge < -0.3 is 41.6 Å². The normalized spacial score (nSPS) is 14.5. The minimum atomic E-state index is -0.457. The second-order valence-electron chi connectivity index (χ2n) is 9.98. The molecule has 9 nitrogen and oxygen atoms in total. The van der Waals surface area contributed by atoms with E-state index in [9.17, 15) is 14.7 Å². The molecule has 1 amide bonds. The third-order valence-corrected chi connectivity index (χ3v) is 7.29. The number of H-pyrrole nitrogens is 1. The molecule has 1 saturated heterocycles. The number of nitrogens with zero attached hydrogens (tertiary/aromatic N) is 4. The molecule has 41 heavy (non-hydrogen) atoms. The Balaban J connectivity index is 0.00000387. The van der Waals surface area contributed by atoms with Crippen LogP contribution in [0.5, 0.6) is 5.88 Å². The number of aromatic nitrogens is 1. The van der Waals surface area contributed by atoms with Gasteiger partial charge in [0, 0.05) is 55.4 Å². The number of piperazine rings is 1. The van der Waals surface area contributed by atoms with Gasteiger partial charge in [0.1, 0.15) is 0 Å². The molecule has 5 rings (SSSR count). The van der Waals surface area contributed by atoms with E-state index in [1.165, 1.54) is 7.11 Å². The van der Waals surface area contributed by atoms with Crippen LogP contribution in [-0.4, -0.2) is 91.4 Å². The number of amides is 1. The van der Waals surface area contributed by atoms with Crippen LogP contribution in [0, 0.1) is 0 Å². The molecule has 1 fully saturated rings. The van der Waals surface area contributed by atoms with E-state index >= 15 is 0 Å². The highest BCUT2D eigenvalue weighted by Gasteiger charge is 2.21. The van der Waals surface area contributed by atoms with Crippen LogP contribution in [0.1, 0.15) is 21.5 Å². The lowest BCUT2D eigenvalue weighted by atomic mass is 10.00. The number of aromatic amines is 1. The van der Waals surface area contributed by atoms with Gasteiger partial charge in [0.2, 0.25) is 5.91 Å². The Morgan fingerprint density at radius 1 is 0.976 bits per heavy atom. The van der Waals surface area contributed by atoms with E-state index in [1.807, 2.05) is 54.6 Å². The standard InChI is InChI=1S/C31H33N5O4.BrH/c1-34-15-17-36(18-16-34)20-27(37)35(2)24-12-10-23(11-13-24)32-29(21-7-5-4-6-8-21)28-25-14-9-22(31(39)40-3)19-26(25)33-30(28)38;/h4-14,19,33,38H,15-18,20H2,1-3H3;1H/p-1. The first-order valence-corrected chi connectivity index (χ1v) is 13.2. The highest BCUT2D eigenvalue weighted by atomic mass is 79.9. The van der Waals surface area contributed by atoms with E-state index in [1.54, 1.807) is 30.1 Å². The number of methoxy groups -OCH3 is 1. The number of benzene rings is 3. The van der Waals surface area contributed by atoms with E-state index in [2.05, 4.69) is 21.8 Å². The number of likely N-dealkylation sites (N-methyl/N-ethyl adjacent to an activating group) is 2.